The van der Waals surface area contributed by atoms with Crippen molar-refractivity contribution in [2.24, 2.45) is 12.5 Å². The molecule has 0 bridgehead atoms. The van der Waals surface area contributed by atoms with E-state index >= 15 is 0 Å². The predicted molar refractivity (Wildman–Crippen MR) is 87.4 cm³/mol. The zero-order chi connectivity index (χ0) is 16.7. The van der Waals surface area contributed by atoms with E-state index in [9.17, 15) is 9.59 Å². The highest BCUT2D eigenvalue weighted by Crippen LogP contribution is 2.41. The van der Waals surface area contributed by atoms with Crippen LogP contribution in [-0.2, 0) is 11.8 Å². The molecule has 4 rings (SSSR count). The lowest BCUT2D eigenvalue weighted by molar-refractivity contribution is -0.117. The standard InChI is InChI=1S/C17H19N5O2/c1-20-5-2-3-14(20)16(24)21-6-4-17(10-21)7-15(23)22(11-17)13-8-18-12-19-9-13/h2-3,5,8-9,12H,4,6-7,10-11H2,1H3. The molecule has 2 aliphatic rings. The summed E-state index contributed by atoms with van der Waals surface area (Å²) in [6.45, 7) is 1.93. The van der Waals surface area contributed by atoms with E-state index in [0.717, 1.165) is 12.1 Å². The molecule has 7 heteroatoms. The molecule has 2 aliphatic heterocycles. The molecule has 0 N–H and O–H groups in total. The van der Waals surface area contributed by atoms with Crippen LogP contribution in [0.5, 0.6) is 0 Å². The van der Waals surface area contributed by atoms with Crippen molar-refractivity contribution in [1.82, 2.24) is 19.4 Å². The maximum Gasteiger partial charge on any atom is 0.270 e. The third-order valence-corrected chi connectivity index (χ3v) is 5.07. The Hall–Kier alpha value is -2.70. The lowest BCUT2D eigenvalue weighted by Gasteiger charge is -2.24. The Bertz CT molecular complexity index is 787. The fraction of sp³-hybridized carbons (Fsp3) is 0.412. The van der Waals surface area contributed by atoms with Crippen molar-refractivity contribution in [3.05, 3.63) is 42.7 Å². The number of amides is 2. The van der Waals surface area contributed by atoms with E-state index in [1.807, 2.05) is 34.8 Å². The molecule has 7 nitrogen and oxygen atoms in total. The van der Waals surface area contributed by atoms with E-state index in [-0.39, 0.29) is 17.2 Å². The molecule has 1 spiro atoms. The molecule has 24 heavy (non-hydrogen) atoms. The van der Waals surface area contributed by atoms with Crippen molar-refractivity contribution in [2.45, 2.75) is 12.8 Å². The van der Waals surface area contributed by atoms with E-state index in [1.54, 1.807) is 17.3 Å². The maximum absolute atomic E-state index is 12.7. The van der Waals surface area contributed by atoms with Crippen LogP contribution in [0.4, 0.5) is 5.69 Å². The smallest absolute Gasteiger partial charge is 0.270 e. The third-order valence-electron chi connectivity index (χ3n) is 5.07. The average Bonchev–Trinajstić information content (AvgIpc) is 3.28. The van der Waals surface area contributed by atoms with E-state index in [0.29, 0.717) is 31.7 Å². The quantitative estimate of drug-likeness (QED) is 0.828. The number of rotatable bonds is 2. The number of hydrogen-bond donors (Lipinski definition) is 0. The van der Waals surface area contributed by atoms with Crippen LogP contribution in [0.15, 0.2) is 37.1 Å². The lowest BCUT2D eigenvalue weighted by Crippen LogP contribution is -2.34. The van der Waals surface area contributed by atoms with Crippen LogP contribution in [0.1, 0.15) is 23.3 Å². The first-order chi connectivity index (χ1) is 11.6. The van der Waals surface area contributed by atoms with Crippen molar-refractivity contribution in [2.75, 3.05) is 24.5 Å². The number of carbonyl (C=O) groups is 2. The summed E-state index contributed by atoms with van der Waals surface area (Å²) >= 11 is 0. The Balaban J connectivity index is 1.51. The number of anilines is 1. The fourth-order valence-electron chi connectivity index (χ4n) is 3.79. The van der Waals surface area contributed by atoms with E-state index in [4.69, 9.17) is 0 Å². The zero-order valence-corrected chi connectivity index (χ0v) is 13.6. The third kappa shape index (κ3) is 2.36. The molecule has 2 fully saturated rings. The number of likely N-dealkylation sites (tertiary alicyclic amines) is 1. The highest BCUT2D eigenvalue weighted by Gasteiger charge is 2.49. The number of nitrogens with zero attached hydrogens (tertiary/aromatic N) is 5. The van der Waals surface area contributed by atoms with E-state index in [1.165, 1.54) is 6.33 Å². The van der Waals surface area contributed by atoms with Crippen molar-refractivity contribution < 1.29 is 9.59 Å². The van der Waals surface area contributed by atoms with Crippen molar-refractivity contribution in [1.29, 1.82) is 0 Å². The molecule has 1 atom stereocenters. The largest absolute Gasteiger partial charge is 0.347 e. The summed E-state index contributed by atoms with van der Waals surface area (Å²) in [5.41, 5.74) is 1.25. The van der Waals surface area contributed by atoms with Crippen molar-refractivity contribution in [3.63, 3.8) is 0 Å². The van der Waals surface area contributed by atoms with Gasteiger partial charge in [0.25, 0.3) is 5.91 Å². The molecule has 0 aliphatic carbocycles. The molecule has 2 saturated heterocycles. The minimum atomic E-state index is -0.159. The summed E-state index contributed by atoms with van der Waals surface area (Å²) < 4.78 is 1.83. The SMILES string of the molecule is Cn1cccc1C(=O)N1CCC2(CC(=O)N(c3cncnc3)C2)C1. The second-order valence-corrected chi connectivity index (χ2v) is 6.73. The first-order valence-electron chi connectivity index (χ1n) is 8.04. The molecule has 0 aromatic carbocycles. The van der Waals surface area contributed by atoms with Gasteiger partial charge in [-0.3, -0.25) is 9.59 Å². The summed E-state index contributed by atoms with van der Waals surface area (Å²) in [7, 11) is 1.87. The van der Waals surface area contributed by atoms with Crippen LogP contribution in [0.3, 0.4) is 0 Å². The molecule has 2 amide bonds. The molecular weight excluding hydrogens is 306 g/mol. The van der Waals surface area contributed by atoms with Crippen LogP contribution in [0.25, 0.3) is 0 Å². The lowest BCUT2D eigenvalue weighted by atomic mass is 9.86. The van der Waals surface area contributed by atoms with Gasteiger partial charge in [0.1, 0.15) is 12.0 Å². The van der Waals surface area contributed by atoms with Gasteiger partial charge in [-0.05, 0) is 18.6 Å². The van der Waals surface area contributed by atoms with E-state index in [2.05, 4.69) is 9.97 Å². The fourth-order valence-corrected chi connectivity index (χ4v) is 3.79. The minimum absolute atomic E-state index is 0.0355. The maximum atomic E-state index is 12.7. The van der Waals surface area contributed by atoms with Gasteiger partial charge in [0, 0.05) is 44.7 Å². The minimum Gasteiger partial charge on any atom is -0.347 e. The van der Waals surface area contributed by atoms with Crippen LogP contribution >= 0.6 is 0 Å². The molecule has 4 heterocycles. The first kappa shape index (κ1) is 14.9. The number of aryl methyl sites for hydroxylation is 1. The normalized spacial score (nSPS) is 23.5. The summed E-state index contributed by atoms with van der Waals surface area (Å²) in [4.78, 5) is 36.7. The molecule has 0 radical (unpaired) electrons. The van der Waals surface area contributed by atoms with Gasteiger partial charge in [-0.15, -0.1) is 0 Å². The van der Waals surface area contributed by atoms with Crippen molar-refractivity contribution in [3.8, 4) is 0 Å². The predicted octanol–water partition coefficient (Wildman–Crippen LogP) is 1.08. The van der Waals surface area contributed by atoms with Gasteiger partial charge in [-0.2, -0.15) is 0 Å². The Morgan fingerprint density at radius 2 is 2.04 bits per heavy atom. The molecule has 2 aromatic rings. The zero-order valence-electron chi connectivity index (χ0n) is 13.6. The second kappa shape index (κ2) is 5.43. The first-order valence-corrected chi connectivity index (χ1v) is 8.04. The highest BCUT2D eigenvalue weighted by molar-refractivity contribution is 5.97. The molecule has 0 saturated carbocycles. The summed E-state index contributed by atoms with van der Waals surface area (Å²) in [6, 6.07) is 3.70. The summed E-state index contributed by atoms with van der Waals surface area (Å²) in [5, 5.41) is 0. The van der Waals surface area contributed by atoms with Gasteiger partial charge in [-0.1, -0.05) is 0 Å². The van der Waals surface area contributed by atoms with Crippen LogP contribution in [-0.4, -0.2) is 50.9 Å². The number of aromatic nitrogens is 3. The van der Waals surface area contributed by atoms with Crippen LogP contribution in [0, 0.1) is 5.41 Å². The number of carbonyl (C=O) groups excluding carboxylic acids is 2. The van der Waals surface area contributed by atoms with E-state index < -0.39 is 0 Å². The summed E-state index contributed by atoms with van der Waals surface area (Å²) in [6.07, 6.45) is 7.96. The Morgan fingerprint density at radius 1 is 1.25 bits per heavy atom. The summed E-state index contributed by atoms with van der Waals surface area (Å²) in [5.74, 6) is 0.117. The highest BCUT2D eigenvalue weighted by atomic mass is 16.2. The second-order valence-electron chi connectivity index (χ2n) is 6.73. The Labute approximate surface area is 139 Å². The van der Waals surface area contributed by atoms with Gasteiger partial charge in [-0.25, -0.2) is 9.97 Å². The van der Waals surface area contributed by atoms with Gasteiger partial charge in [0.05, 0.1) is 18.1 Å². The molecule has 2 aromatic heterocycles. The Morgan fingerprint density at radius 3 is 2.75 bits per heavy atom. The van der Waals surface area contributed by atoms with Gasteiger partial charge >= 0.3 is 0 Å². The molecule has 1 unspecified atom stereocenters. The van der Waals surface area contributed by atoms with Crippen molar-refractivity contribution >= 4 is 17.5 Å². The van der Waals surface area contributed by atoms with Crippen LogP contribution in [0.2, 0.25) is 0 Å². The van der Waals surface area contributed by atoms with Crippen LogP contribution < -0.4 is 4.90 Å². The topological polar surface area (TPSA) is 71.3 Å². The van der Waals surface area contributed by atoms with Gasteiger partial charge in [0.2, 0.25) is 5.91 Å². The number of hydrogen-bond acceptors (Lipinski definition) is 4. The van der Waals surface area contributed by atoms with Gasteiger partial charge in [0.15, 0.2) is 0 Å². The average molecular weight is 325 g/mol. The Kier molecular flexibility index (Phi) is 3.37. The van der Waals surface area contributed by atoms with Gasteiger partial charge < -0.3 is 14.4 Å². The molecule has 124 valence electrons. The molecular formula is C17H19N5O2. The monoisotopic (exact) mass is 325 g/mol.